The maximum atomic E-state index is 8.76. The van der Waals surface area contributed by atoms with Gasteiger partial charge in [-0.3, -0.25) is 0 Å². The van der Waals surface area contributed by atoms with E-state index in [0.717, 1.165) is 24.6 Å². The van der Waals surface area contributed by atoms with Gasteiger partial charge in [0.1, 0.15) is 0 Å². The normalized spacial score (nSPS) is 19.0. The molecule has 1 unspecified atom stereocenters. The van der Waals surface area contributed by atoms with Crippen LogP contribution < -0.4 is 5.32 Å². The fraction of sp³-hybridized carbons (Fsp3) is 0.500. The average molecular weight is 214 g/mol. The van der Waals surface area contributed by atoms with Crippen LogP contribution in [-0.4, -0.2) is 13.1 Å². The smallest absolute Gasteiger partial charge is 0.0991 e. The molecule has 0 saturated carbocycles. The van der Waals surface area contributed by atoms with Gasteiger partial charge < -0.3 is 5.32 Å². The summed E-state index contributed by atoms with van der Waals surface area (Å²) < 4.78 is 0. The molecule has 0 aliphatic carbocycles. The van der Waals surface area contributed by atoms with Crippen LogP contribution >= 0.6 is 0 Å². The van der Waals surface area contributed by atoms with Crippen LogP contribution in [0.2, 0.25) is 0 Å². The van der Waals surface area contributed by atoms with Crippen LogP contribution in [0.15, 0.2) is 24.3 Å². The number of hydrogen-bond acceptors (Lipinski definition) is 2. The highest BCUT2D eigenvalue weighted by molar-refractivity contribution is 5.33. The van der Waals surface area contributed by atoms with Crippen LogP contribution in [0.25, 0.3) is 0 Å². The second-order valence-corrected chi connectivity index (χ2v) is 4.61. The van der Waals surface area contributed by atoms with Crippen molar-refractivity contribution in [1.82, 2.24) is 5.32 Å². The third-order valence-corrected chi connectivity index (χ3v) is 3.66. The molecule has 0 aromatic heterocycles. The van der Waals surface area contributed by atoms with E-state index in [4.69, 9.17) is 5.26 Å². The first-order valence-electron chi connectivity index (χ1n) is 6.02. The maximum Gasteiger partial charge on any atom is 0.0991 e. The van der Waals surface area contributed by atoms with Crippen molar-refractivity contribution in [3.8, 4) is 6.07 Å². The van der Waals surface area contributed by atoms with Crippen molar-refractivity contribution < 1.29 is 0 Å². The lowest BCUT2D eigenvalue weighted by Gasteiger charge is -2.28. The molecule has 0 spiro atoms. The lowest BCUT2D eigenvalue weighted by Crippen LogP contribution is -2.30. The summed E-state index contributed by atoms with van der Waals surface area (Å²) in [5.74, 6) is 1.39. The molecule has 1 aliphatic rings. The van der Waals surface area contributed by atoms with Gasteiger partial charge in [0.15, 0.2) is 0 Å². The van der Waals surface area contributed by atoms with Gasteiger partial charge in [-0.15, -0.1) is 0 Å². The molecule has 1 aliphatic heterocycles. The fourth-order valence-electron chi connectivity index (χ4n) is 2.48. The number of benzene rings is 1. The van der Waals surface area contributed by atoms with Gasteiger partial charge in [-0.05, 0) is 55.5 Å². The van der Waals surface area contributed by atoms with Gasteiger partial charge in [0.25, 0.3) is 0 Å². The SMILES string of the molecule is CC(c1ccc(C#N)cc1)C1CCNCC1. The van der Waals surface area contributed by atoms with Crippen molar-refractivity contribution in [3.63, 3.8) is 0 Å². The molecular formula is C14H18N2. The summed E-state index contributed by atoms with van der Waals surface area (Å²) in [6.45, 7) is 4.59. The number of piperidine rings is 1. The lowest BCUT2D eigenvalue weighted by atomic mass is 9.81. The minimum atomic E-state index is 0.606. The largest absolute Gasteiger partial charge is 0.317 e. The summed E-state index contributed by atoms with van der Waals surface area (Å²) in [6, 6.07) is 10.2. The fourth-order valence-corrected chi connectivity index (χ4v) is 2.48. The first-order valence-corrected chi connectivity index (χ1v) is 6.02. The Morgan fingerprint density at radius 3 is 2.44 bits per heavy atom. The Morgan fingerprint density at radius 2 is 1.88 bits per heavy atom. The van der Waals surface area contributed by atoms with Crippen molar-refractivity contribution in [2.45, 2.75) is 25.7 Å². The van der Waals surface area contributed by atoms with E-state index < -0.39 is 0 Å². The zero-order valence-electron chi connectivity index (χ0n) is 9.74. The van der Waals surface area contributed by atoms with Gasteiger partial charge in [-0.2, -0.15) is 5.26 Å². The summed E-state index contributed by atoms with van der Waals surface area (Å²) in [4.78, 5) is 0. The molecule has 1 aromatic rings. The third kappa shape index (κ3) is 2.43. The molecule has 1 aromatic carbocycles. The zero-order chi connectivity index (χ0) is 11.4. The monoisotopic (exact) mass is 214 g/mol. The van der Waals surface area contributed by atoms with Gasteiger partial charge in [-0.1, -0.05) is 19.1 Å². The number of nitriles is 1. The highest BCUT2D eigenvalue weighted by Crippen LogP contribution is 2.30. The Balaban J connectivity index is 2.07. The number of nitrogens with zero attached hydrogens (tertiary/aromatic N) is 1. The molecular weight excluding hydrogens is 196 g/mol. The Morgan fingerprint density at radius 1 is 1.25 bits per heavy atom. The van der Waals surface area contributed by atoms with E-state index in [2.05, 4.69) is 30.4 Å². The Hall–Kier alpha value is -1.33. The van der Waals surface area contributed by atoms with E-state index in [9.17, 15) is 0 Å². The van der Waals surface area contributed by atoms with Crippen LogP contribution in [0, 0.1) is 17.2 Å². The van der Waals surface area contributed by atoms with Crippen LogP contribution in [0.5, 0.6) is 0 Å². The van der Waals surface area contributed by atoms with Crippen LogP contribution in [0.1, 0.15) is 36.8 Å². The second-order valence-electron chi connectivity index (χ2n) is 4.61. The highest BCUT2D eigenvalue weighted by Gasteiger charge is 2.20. The van der Waals surface area contributed by atoms with Gasteiger partial charge in [0.05, 0.1) is 11.6 Å². The Bertz CT molecular complexity index is 369. The Kier molecular flexibility index (Phi) is 3.58. The predicted octanol–water partition coefficient (Wildman–Crippen LogP) is 2.66. The minimum Gasteiger partial charge on any atom is -0.317 e. The van der Waals surface area contributed by atoms with Gasteiger partial charge >= 0.3 is 0 Å². The molecule has 0 bridgehead atoms. The number of nitrogens with one attached hydrogen (secondary N) is 1. The molecule has 0 radical (unpaired) electrons. The Labute approximate surface area is 97.3 Å². The molecule has 1 heterocycles. The van der Waals surface area contributed by atoms with Gasteiger partial charge in [0.2, 0.25) is 0 Å². The molecule has 16 heavy (non-hydrogen) atoms. The third-order valence-electron chi connectivity index (χ3n) is 3.66. The predicted molar refractivity (Wildman–Crippen MR) is 65.2 cm³/mol. The van der Waals surface area contributed by atoms with E-state index in [1.165, 1.54) is 18.4 Å². The van der Waals surface area contributed by atoms with Crippen molar-refractivity contribution in [2.24, 2.45) is 5.92 Å². The molecule has 2 heteroatoms. The first-order chi connectivity index (χ1) is 7.81. The minimum absolute atomic E-state index is 0.606. The zero-order valence-corrected chi connectivity index (χ0v) is 9.74. The highest BCUT2D eigenvalue weighted by atomic mass is 14.9. The molecule has 2 rings (SSSR count). The molecule has 1 saturated heterocycles. The summed E-state index contributed by atoms with van der Waals surface area (Å²) in [7, 11) is 0. The topological polar surface area (TPSA) is 35.8 Å². The van der Waals surface area contributed by atoms with Crippen LogP contribution in [0.4, 0.5) is 0 Å². The maximum absolute atomic E-state index is 8.76. The average Bonchev–Trinajstić information content (AvgIpc) is 2.39. The van der Waals surface area contributed by atoms with E-state index >= 15 is 0 Å². The standard InChI is InChI=1S/C14H18N2/c1-11(14-6-8-16-9-7-14)13-4-2-12(10-15)3-5-13/h2-5,11,14,16H,6-9H2,1H3. The van der Waals surface area contributed by atoms with Gasteiger partial charge in [0, 0.05) is 0 Å². The molecule has 1 atom stereocenters. The lowest BCUT2D eigenvalue weighted by molar-refractivity contribution is 0.330. The van der Waals surface area contributed by atoms with E-state index in [-0.39, 0.29) is 0 Å². The van der Waals surface area contributed by atoms with Crippen molar-refractivity contribution >= 4 is 0 Å². The van der Waals surface area contributed by atoms with Gasteiger partial charge in [-0.25, -0.2) is 0 Å². The van der Waals surface area contributed by atoms with Crippen molar-refractivity contribution in [3.05, 3.63) is 35.4 Å². The molecule has 2 nitrogen and oxygen atoms in total. The molecule has 84 valence electrons. The molecule has 1 N–H and O–H groups in total. The van der Waals surface area contributed by atoms with E-state index in [1.807, 2.05) is 12.1 Å². The first kappa shape index (κ1) is 11.2. The van der Waals surface area contributed by atoms with E-state index in [0.29, 0.717) is 5.92 Å². The van der Waals surface area contributed by atoms with E-state index in [1.54, 1.807) is 0 Å². The molecule has 1 fully saturated rings. The van der Waals surface area contributed by atoms with Crippen LogP contribution in [0.3, 0.4) is 0 Å². The summed E-state index contributed by atoms with van der Waals surface area (Å²) in [6.07, 6.45) is 2.53. The summed E-state index contributed by atoms with van der Waals surface area (Å²) in [5.41, 5.74) is 2.12. The second kappa shape index (κ2) is 5.14. The quantitative estimate of drug-likeness (QED) is 0.821. The van der Waals surface area contributed by atoms with Crippen molar-refractivity contribution in [1.29, 1.82) is 5.26 Å². The number of rotatable bonds is 2. The molecule has 0 amide bonds. The summed E-state index contributed by atoms with van der Waals surface area (Å²) >= 11 is 0. The van der Waals surface area contributed by atoms with Crippen LogP contribution in [-0.2, 0) is 0 Å². The summed E-state index contributed by atoms with van der Waals surface area (Å²) in [5, 5.41) is 12.2. The van der Waals surface area contributed by atoms with Crippen molar-refractivity contribution in [2.75, 3.05) is 13.1 Å². The number of hydrogen-bond donors (Lipinski definition) is 1.